The maximum absolute atomic E-state index is 12.7. The first-order valence-corrected chi connectivity index (χ1v) is 8.44. The summed E-state index contributed by atoms with van der Waals surface area (Å²) in [7, 11) is 0. The number of hydrogen-bond acceptors (Lipinski definition) is 3. The Bertz CT molecular complexity index is 514. The molecule has 1 amide bonds. The van der Waals surface area contributed by atoms with Gasteiger partial charge in [0.25, 0.3) is 5.91 Å². The van der Waals surface area contributed by atoms with Crippen molar-refractivity contribution in [2.24, 2.45) is 0 Å². The van der Waals surface area contributed by atoms with Crippen molar-refractivity contribution in [1.29, 1.82) is 0 Å². The SMILES string of the molecule is Cc1cc(Br)cc(C(=O)N2CCC(N3CCNCC3)C2)c1.Cl. The summed E-state index contributed by atoms with van der Waals surface area (Å²) in [6, 6.07) is 6.47. The number of carbonyl (C=O) groups excluding carboxylic acids is 1. The standard InChI is InChI=1S/C16H22BrN3O.ClH/c1-12-8-13(10-14(17)9-12)16(21)20-5-2-15(11-20)19-6-3-18-4-7-19;/h8-10,15,18H,2-7,11H2,1H3;1H. The van der Waals surface area contributed by atoms with E-state index in [0.717, 1.165) is 61.3 Å². The lowest BCUT2D eigenvalue weighted by molar-refractivity contribution is 0.0773. The molecule has 0 bridgehead atoms. The third-order valence-electron chi connectivity index (χ3n) is 4.41. The molecule has 1 unspecified atom stereocenters. The van der Waals surface area contributed by atoms with Crippen LogP contribution in [0, 0.1) is 6.92 Å². The molecule has 0 radical (unpaired) electrons. The number of rotatable bonds is 2. The summed E-state index contributed by atoms with van der Waals surface area (Å²) < 4.78 is 0.976. The average Bonchev–Trinajstić information content (AvgIpc) is 2.96. The minimum absolute atomic E-state index is 0. The zero-order valence-corrected chi connectivity index (χ0v) is 15.3. The summed E-state index contributed by atoms with van der Waals surface area (Å²) >= 11 is 3.48. The molecule has 1 aromatic carbocycles. The molecule has 1 atom stereocenters. The summed E-state index contributed by atoms with van der Waals surface area (Å²) in [5, 5.41) is 3.38. The number of hydrogen-bond donors (Lipinski definition) is 1. The highest BCUT2D eigenvalue weighted by atomic mass is 79.9. The molecule has 0 spiro atoms. The number of halogens is 2. The first-order valence-electron chi connectivity index (χ1n) is 7.65. The minimum Gasteiger partial charge on any atom is -0.337 e. The molecule has 2 saturated heterocycles. The van der Waals surface area contributed by atoms with Crippen LogP contribution < -0.4 is 5.32 Å². The fraction of sp³-hybridized carbons (Fsp3) is 0.562. The Morgan fingerprint density at radius 1 is 1.23 bits per heavy atom. The van der Waals surface area contributed by atoms with Crippen LogP contribution in [0.2, 0.25) is 0 Å². The van der Waals surface area contributed by atoms with Crippen molar-refractivity contribution in [2.45, 2.75) is 19.4 Å². The van der Waals surface area contributed by atoms with Crippen molar-refractivity contribution in [2.75, 3.05) is 39.3 Å². The van der Waals surface area contributed by atoms with Gasteiger partial charge >= 0.3 is 0 Å². The maximum atomic E-state index is 12.7. The molecule has 0 saturated carbocycles. The summed E-state index contributed by atoms with van der Waals surface area (Å²) in [5.41, 5.74) is 1.91. The van der Waals surface area contributed by atoms with Gasteiger partial charge in [-0.05, 0) is 37.1 Å². The van der Waals surface area contributed by atoms with Gasteiger partial charge in [-0.1, -0.05) is 15.9 Å². The number of piperazine rings is 1. The van der Waals surface area contributed by atoms with E-state index in [4.69, 9.17) is 0 Å². The Kier molecular flexibility index (Phi) is 6.26. The molecule has 1 aromatic rings. The first-order chi connectivity index (χ1) is 10.1. The van der Waals surface area contributed by atoms with Crippen LogP contribution in [0.5, 0.6) is 0 Å². The number of likely N-dealkylation sites (tertiary alicyclic amines) is 1. The lowest BCUT2D eigenvalue weighted by Gasteiger charge is -2.32. The monoisotopic (exact) mass is 387 g/mol. The molecule has 0 aromatic heterocycles. The molecule has 0 aliphatic carbocycles. The van der Waals surface area contributed by atoms with E-state index in [-0.39, 0.29) is 18.3 Å². The molecular weight excluding hydrogens is 366 g/mol. The Labute approximate surface area is 146 Å². The minimum atomic E-state index is 0. The maximum Gasteiger partial charge on any atom is 0.253 e. The van der Waals surface area contributed by atoms with Crippen LogP contribution >= 0.6 is 28.3 Å². The first kappa shape index (κ1) is 17.7. The summed E-state index contributed by atoms with van der Waals surface area (Å²) in [6.07, 6.45) is 1.10. The molecule has 2 aliphatic heterocycles. The molecule has 4 nitrogen and oxygen atoms in total. The van der Waals surface area contributed by atoms with E-state index < -0.39 is 0 Å². The fourth-order valence-electron chi connectivity index (χ4n) is 3.31. The molecule has 122 valence electrons. The van der Waals surface area contributed by atoms with Crippen molar-refractivity contribution < 1.29 is 4.79 Å². The molecule has 2 aliphatic rings. The Balaban J connectivity index is 0.00000176. The normalized spacial score (nSPS) is 22.5. The number of aryl methyl sites for hydroxylation is 1. The Morgan fingerprint density at radius 2 is 1.95 bits per heavy atom. The van der Waals surface area contributed by atoms with Crippen LogP contribution in [0.25, 0.3) is 0 Å². The van der Waals surface area contributed by atoms with E-state index in [0.29, 0.717) is 6.04 Å². The van der Waals surface area contributed by atoms with E-state index in [9.17, 15) is 4.79 Å². The van der Waals surface area contributed by atoms with E-state index in [1.165, 1.54) is 0 Å². The van der Waals surface area contributed by atoms with E-state index in [2.05, 4.69) is 26.1 Å². The number of nitrogens with zero attached hydrogens (tertiary/aromatic N) is 2. The molecule has 2 heterocycles. The van der Waals surface area contributed by atoms with Gasteiger partial charge in [-0.2, -0.15) is 0 Å². The van der Waals surface area contributed by atoms with E-state index in [1.807, 2.05) is 30.0 Å². The lowest BCUT2D eigenvalue weighted by Crippen LogP contribution is -2.49. The zero-order chi connectivity index (χ0) is 14.8. The third kappa shape index (κ3) is 4.02. The molecule has 2 fully saturated rings. The van der Waals surface area contributed by atoms with Crippen LogP contribution in [-0.4, -0.2) is 61.0 Å². The smallest absolute Gasteiger partial charge is 0.253 e. The largest absolute Gasteiger partial charge is 0.337 e. The summed E-state index contributed by atoms with van der Waals surface area (Å²) in [5.74, 6) is 0.164. The van der Waals surface area contributed by atoms with Gasteiger partial charge in [-0.15, -0.1) is 12.4 Å². The second-order valence-corrected chi connectivity index (χ2v) is 6.91. The fourth-order valence-corrected chi connectivity index (χ4v) is 3.92. The van der Waals surface area contributed by atoms with Crippen LogP contribution in [0.15, 0.2) is 22.7 Å². The van der Waals surface area contributed by atoms with Crippen molar-refractivity contribution >= 4 is 34.2 Å². The summed E-state index contributed by atoms with van der Waals surface area (Å²) in [6.45, 7) is 8.09. The predicted octanol–water partition coefficient (Wildman–Crippen LogP) is 2.30. The van der Waals surface area contributed by atoms with Crippen LogP contribution in [-0.2, 0) is 0 Å². The van der Waals surface area contributed by atoms with Gasteiger partial charge in [0.05, 0.1) is 0 Å². The van der Waals surface area contributed by atoms with Crippen LogP contribution in [0.3, 0.4) is 0 Å². The number of amides is 1. The number of nitrogens with one attached hydrogen (secondary N) is 1. The number of benzene rings is 1. The quantitative estimate of drug-likeness (QED) is 0.844. The molecular formula is C16H23BrClN3O. The van der Waals surface area contributed by atoms with Gasteiger partial charge in [0.1, 0.15) is 0 Å². The van der Waals surface area contributed by atoms with Gasteiger partial charge in [-0.3, -0.25) is 9.69 Å². The van der Waals surface area contributed by atoms with Gasteiger partial charge in [-0.25, -0.2) is 0 Å². The van der Waals surface area contributed by atoms with Gasteiger partial charge in [0, 0.05) is 55.3 Å². The topological polar surface area (TPSA) is 35.6 Å². The highest BCUT2D eigenvalue weighted by molar-refractivity contribution is 9.10. The number of carbonyl (C=O) groups is 1. The molecule has 3 rings (SSSR count). The Hall–Kier alpha value is -0.620. The molecule has 22 heavy (non-hydrogen) atoms. The highest BCUT2D eigenvalue weighted by Crippen LogP contribution is 2.21. The van der Waals surface area contributed by atoms with Crippen molar-refractivity contribution in [3.63, 3.8) is 0 Å². The Morgan fingerprint density at radius 3 is 2.64 bits per heavy atom. The van der Waals surface area contributed by atoms with Gasteiger partial charge < -0.3 is 10.2 Å². The second-order valence-electron chi connectivity index (χ2n) is 6.00. The lowest BCUT2D eigenvalue weighted by atomic mass is 10.1. The van der Waals surface area contributed by atoms with E-state index in [1.54, 1.807) is 0 Å². The average molecular weight is 389 g/mol. The van der Waals surface area contributed by atoms with Crippen molar-refractivity contribution in [3.8, 4) is 0 Å². The molecule has 1 N–H and O–H groups in total. The van der Waals surface area contributed by atoms with Crippen molar-refractivity contribution in [3.05, 3.63) is 33.8 Å². The van der Waals surface area contributed by atoms with Crippen LogP contribution in [0.1, 0.15) is 22.3 Å². The van der Waals surface area contributed by atoms with Crippen molar-refractivity contribution in [1.82, 2.24) is 15.1 Å². The molecule has 6 heteroatoms. The second kappa shape index (κ2) is 7.77. The van der Waals surface area contributed by atoms with Gasteiger partial charge in [0.15, 0.2) is 0 Å². The highest BCUT2D eigenvalue weighted by Gasteiger charge is 2.31. The third-order valence-corrected chi connectivity index (χ3v) is 4.87. The predicted molar refractivity (Wildman–Crippen MR) is 94.9 cm³/mol. The summed E-state index contributed by atoms with van der Waals surface area (Å²) in [4.78, 5) is 17.2. The zero-order valence-electron chi connectivity index (χ0n) is 12.8. The van der Waals surface area contributed by atoms with E-state index >= 15 is 0 Å². The van der Waals surface area contributed by atoms with Gasteiger partial charge in [0.2, 0.25) is 0 Å². The van der Waals surface area contributed by atoms with Crippen LogP contribution in [0.4, 0.5) is 0 Å².